The van der Waals surface area contributed by atoms with Crippen molar-refractivity contribution < 1.29 is 19.1 Å². The van der Waals surface area contributed by atoms with Gasteiger partial charge in [0.15, 0.2) is 6.10 Å². The van der Waals surface area contributed by atoms with Crippen molar-refractivity contribution in [2.24, 2.45) is 0 Å². The first-order valence-electron chi connectivity index (χ1n) is 8.53. The summed E-state index contributed by atoms with van der Waals surface area (Å²) >= 11 is 0. The number of carbonyl (C=O) groups excluding carboxylic acids is 3. The second kappa shape index (κ2) is 8.94. The molecule has 0 radical (unpaired) electrons. The predicted molar refractivity (Wildman–Crippen MR) is 100 cm³/mol. The Bertz CT molecular complexity index is 779. The highest BCUT2D eigenvalue weighted by molar-refractivity contribution is 6.00. The normalized spacial score (nSPS) is 11.5. The van der Waals surface area contributed by atoms with Crippen LogP contribution in [-0.4, -0.2) is 23.8 Å². The Morgan fingerprint density at radius 1 is 0.923 bits per heavy atom. The van der Waals surface area contributed by atoms with Gasteiger partial charge >= 0.3 is 5.97 Å². The number of aryl methyl sites for hydroxylation is 2. The Morgan fingerprint density at radius 2 is 1.54 bits per heavy atom. The number of ketones is 1. The Balaban J connectivity index is 1.83. The summed E-state index contributed by atoms with van der Waals surface area (Å²) < 4.78 is 5.15. The van der Waals surface area contributed by atoms with E-state index in [1.54, 1.807) is 24.3 Å². The topological polar surface area (TPSA) is 72.5 Å². The van der Waals surface area contributed by atoms with E-state index in [2.05, 4.69) is 5.32 Å². The number of benzene rings is 2. The van der Waals surface area contributed by atoms with Crippen LogP contribution in [-0.2, 0) is 14.3 Å². The SMILES string of the molecule is Cc1cccc(C)c1NC(=O)CCC(=O)O[C@H](C)C(=O)c1ccccc1. The van der Waals surface area contributed by atoms with Gasteiger partial charge in [0.2, 0.25) is 11.7 Å². The van der Waals surface area contributed by atoms with Crippen LogP contribution in [0.1, 0.15) is 41.3 Å². The van der Waals surface area contributed by atoms with Crippen molar-refractivity contribution in [2.45, 2.75) is 39.7 Å². The highest BCUT2D eigenvalue weighted by atomic mass is 16.5. The molecule has 0 aliphatic carbocycles. The van der Waals surface area contributed by atoms with Crippen LogP contribution < -0.4 is 5.32 Å². The minimum absolute atomic E-state index is 0.00114. The fraction of sp³-hybridized carbons (Fsp3) is 0.286. The van der Waals surface area contributed by atoms with E-state index in [9.17, 15) is 14.4 Å². The van der Waals surface area contributed by atoms with E-state index in [1.807, 2.05) is 38.1 Å². The third-order valence-electron chi connectivity index (χ3n) is 4.04. The van der Waals surface area contributed by atoms with Gasteiger partial charge in [-0.05, 0) is 31.9 Å². The number of Topliss-reactive ketones (excluding diaryl/α,β-unsaturated/α-hetero) is 1. The monoisotopic (exact) mass is 353 g/mol. The van der Waals surface area contributed by atoms with Crippen LogP contribution in [0.4, 0.5) is 5.69 Å². The molecule has 1 N–H and O–H groups in total. The van der Waals surface area contributed by atoms with Crippen molar-refractivity contribution in [2.75, 3.05) is 5.32 Å². The van der Waals surface area contributed by atoms with Crippen LogP contribution in [0.25, 0.3) is 0 Å². The van der Waals surface area contributed by atoms with Crippen LogP contribution in [0.2, 0.25) is 0 Å². The van der Waals surface area contributed by atoms with E-state index in [0.717, 1.165) is 16.8 Å². The molecule has 2 rings (SSSR count). The maximum Gasteiger partial charge on any atom is 0.307 e. The Hall–Kier alpha value is -2.95. The van der Waals surface area contributed by atoms with Gasteiger partial charge in [-0.3, -0.25) is 14.4 Å². The molecular formula is C21H23NO4. The summed E-state index contributed by atoms with van der Waals surface area (Å²) in [4.78, 5) is 36.2. The number of para-hydroxylation sites is 1. The van der Waals surface area contributed by atoms with Gasteiger partial charge in [-0.15, -0.1) is 0 Å². The average molecular weight is 353 g/mol. The molecule has 1 atom stereocenters. The maximum absolute atomic E-state index is 12.2. The number of amides is 1. The first-order chi connectivity index (χ1) is 12.4. The average Bonchev–Trinajstić information content (AvgIpc) is 2.63. The summed E-state index contributed by atoms with van der Waals surface area (Å²) in [7, 11) is 0. The quantitative estimate of drug-likeness (QED) is 0.606. The number of rotatable bonds is 7. The van der Waals surface area contributed by atoms with Crippen molar-refractivity contribution in [1.82, 2.24) is 0 Å². The summed E-state index contributed by atoms with van der Waals surface area (Å²) in [6.45, 7) is 5.35. The Kier molecular flexibility index (Phi) is 6.67. The fourth-order valence-electron chi connectivity index (χ4n) is 2.58. The van der Waals surface area contributed by atoms with E-state index in [-0.39, 0.29) is 24.5 Å². The lowest BCUT2D eigenvalue weighted by atomic mass is 10.1. The lowest BCUT2D eigenvalue weighted by Gasteiger charge is -2.13. The van der Waals surface area contributed by atoms with Crippen molar-refractivity contribution in [3.63, 3.8) is 0 Å². The first kappa shape index (κ1) is 19.4. The highest BCUT2D eigenvalue weighted by Gasteiger charge is 2.20. The van der Waals surface area contributed by atoms with E-state index in [0.29, 0.717) is 5.56 Å². The van der Waals surface area contributed by atoms with E-state index >= 15 is 0 Å². The zero-order valence-electron chi connectivity index (χ0n) is 15.2. The second-order valence-electron chi connectivity index (χ2n) is 6.18. The van der Waals surface area contributed by atoms with Crippen molar-refractivity contribution in [3.05, 3.63) is 65.2 Å². The molecule has 0 aliphatic heterocycles. The molecule has 0 fully saturated rings. The van der Waals surface area contributed by atoms with Crippen molar-refractivity contribution in [3.8, 4) is 0 Å². The van der Waals surface area contributed by atoms with Crippen LogP contribution in [0.5, 0.6) is 0 Å². The van der Waals surface area contributed by atoms with E-state index < -0.39 is 12.1 Å². The zero-order valence-corrected chi connectivity index (χ0v) is 15.2. The minimum Gasteiger partial charge on any atom is -0.454 e. The van der Waals surface area contributed by atoms with Gasteiger partial charge in [0, 0.05) is 17.7 Å². The molecule has 0 heterocycles. The highest BCUT2D eigenvalue weighted by Crippen LogP contribution is 2.19. The fourth-order valence-corrected chi connectivity index (χ4v) is 2.58. The maximum atomic E-state index is 12.2. The number of hydrogen-bond donors (Lipinski definition) is 1. The lowest BCUT2D eigenvalue weighted by Crippen LogP contribution is -2.25. The number of carbonyl (C=O) groups is 3. The smallest absolute Gasteiger partial charge is 0.307 e. The second-order valence-corrected chi connectivity index (χ2v) is 6.18. The van der Waals surface area contributed by atoms with Crippen LogP contribution in [0, 0.1) is 13.8 Å². The molecule has 0 aromatic heterocycles. The molecule has 0 aliphatic rings. The third-order valence-corrected chi connectivity index (χ3v) is 4.04. The summed E-state index contributed by atoms with van der Waals surface area (Å²) in [6.07, 6.45) is -0.964. The molecule has 2 aromatic rings. The standard InChI is InChI=1S/C21H23NO4/c1-14-8-7-9-15(2)20(14)22-18(23)12-13-19(24)26-16(3)21(25)17-10-5-4-6-11-17/h4-11,16H,12-13H2,1-3H3,(H,22,23)/t16-/m1/s1. The number of esters is 1. The predicted octanol–water partition coefficient (Wildman–Crippen LogP) is 3.84. The van der Waals surface area contributed by atoms with Crippen LogP contribution in [0.3, 0.4) is 0 Å². The van der Waals surface area contributed by atoms with Gasteiger partial charge < -0.3 is 10.1 Å². The van der Waals surface area contributed by atoms with Crippen molar-refractivity contribution >= 4 is 23.3 Å². The molecule has 5 heteroatoms. The lowest BCUT2D eigenvalue weighted by molar-refractivity contribution is -0.147. The molecule has 136 valence electrons. The van der Waals surface area contributed by atoms with Crippen molar-refractivity contribution in [1.29, 1.82) is 0 Å². The summed E-state index contributed by atoms with van der Waals surface area (Å²) in [5.74, 6) is -1.10. The molecular weight excluding hydrogens is 330 g/mol. The first-order valence-corrected chi connectivity index (χ1v) is 8.53. The summed E-state index contributed by atoms with van der Waals surface area (Å²) in [6, 6.07) is 14.4. The Labute approximate surface area is 153 Å². The number of anilines is 1. The summed E-state index contributed by atoms with van der Waals surface area (Å²) in [5, 5.41) is 2.82. The molecule has 2 aromatic carbocycles. The van der Waals surface area contributed by atoms with Gasteiger partial charge in [0.25, 0.3) is 0 Å². The number of ether oxygens (including phenoxy) is 1. The Morgan fingerprint density at radius 3 is 2.15 bits per heavy atom. The minimum atomic E-state index is -0.883. The van der Waals surface area contributed by atoms with Crippen LogP contribution in [0.15, 0.2) is 48.5 Å². The number of nitrogens with one attached hydrogen (secondary N) is 1. The molecule has 0 bridgehead atoms. The van der Waals surface area contributed by atoms with E-state index in [1.165, 1.54) is 6.92 Å². The van der Waals surface area contributed by atoms with Crippen LogP contribution >= 0.6 is 0 Å². The number of hydrogen-bond acceptors (Lipinski definition) is 4. The molecule has 0 spiro atoms. The molecule has 0 saturated carbocycles. The third kappa shape index (κ3) is 5.28. The van der Waals surface area contributed by atoms with E-state index in [4.69, 9.17) is 4.74 Å². The molecule has 0 saturated heterocycles. The largest absolute Gasteiger partial charge is 0.454 e. The molecule has 26 heavy (non-hydrogen) atoms. The van der Waals surface area contributed by atoms with Gasteiger partial charge in [-0.25, -0.2) is 0 Å². The van der Waals surface area contributed by atoms with Gasteiger partial charge in [-0.1, -0.05) is 48.5 Å². The summed E-state index contributed by atoms with van der Waals surface area (Å²) in [5.41, 5.74) is 3.17. The van der Waals surface area contributed by atoms with Gasteiger partial charge in [0.05, 0.1) is 6.42 Å². The molecule has 0 unspecified atom stereocenters. The molecule has 1 amide bonds. The molecule has 5 nitrogen and oxygen atoms in total. The zero-order chi connectivity index (χ0) is 19.1. The van der Waals surface area contributed by atoms with Gasteiger partial charge in [-0.2, -0.15) is 0 Å². The van der Waals surface area contributed by atoms with Gasteiger partial charge in [0.1, 0.15) is 0 Å².